The number of hydrogen-bond donors (Lipinski definition) is 0. The van der Waals surface area contributed by atoms with Crippen molar-refractivity contribution in [2.24, 2.45) is 0 Å². The standard InChI is InChI=1S/C57H105BrO25/c1-57(2,3)83-56(59)8-9-60-10-11-61-12-13-62-14-15-63-16-17-64-18-19-65-20-21-66-22-23-67-24-25-68-26-27-69-28-29-70-30-31-71-32-33-72-34-35-73-36-37-74-38-39-75-40-41-76-42-43-77-44-45-78-46-47-79-48-49-80-50-51-81-52-53-82-55-6-4-54(58)5-7-55/h4-7H,8-53H2,1-3H3. The van der Waals surface area contributed by atoms with Gasteiger partial charge in [0.25, 0.3) is 0 Å². The van der Waals surface area contributed by atoms with Crippen LogP contribution in [-0.4, -0.2) is 309 Å². The zero-order chi connectivity index (χ0) is 59.6. The highest BCUT2D eigenvalue weighted by molar-refractivity contribution is 9.10. The molecule has 83 heavy (non-hydrogen) atoms. The summed E-state index contributed by atoms with van der Waals surface area (Å²) in [5.74, 6) is 0.544. The van der Waals surface area contributed by atoms with Crippen molar-refractivity contribution in [3.8, 4) is 5.75 Å². The molecule has 0 aliphatic carbocycles. The molecule has 0 unspecified atom stereocenters. The Labute approximate surface area is 503 Å². The van der Waals surface area contributed by atoms with E-state index in [0.29, 0.717) is 297 Å². The second-order valence-corrected chi connectivity index (χ2v) is 19.0. The van der Waals surface area contributed by atoms with Crippen molar-refractivity contribution < 1.29 is 118 Å². The van der Waals surface area contributed by atoms with Gasteiger partial charge >= 0.3 is 5.97 Å². The van der Waals surface area contributed by atoms with E-state index in [-0.39, 0.29) is 12.4 Å². The van der Waals surface area contributed by atoms with Gasteiger partial charge in [-0.25, -0.2) is 0 Å². The lowest BCUT2D eigenvalue weighted by Crippen LogP contribution is -2.24. The van der Waals surface area contributed by atoms with Gasteiger partial charge in [-0.05, 0) is 45.0 Å². The first kappa shape index (κ1) is 79.1. The minimum absolute atomic E-state index is 0.224. The van der Waals surface area contributed by atoms with Crippen molar-refractivity contribution in [1.29, 1.82) is 0 Å². The average Bonchev–Trinajstić information content (AvgIpc) is 3.47. The van der Waals surface area contributed by atoms with E-state index in [0.717, 1.165) is 10.2 Å². The van der Waals surface area contributed by atoms with Crippen LogP contribution >= 0.6 is 15.9 Å². The molecule has 0 N–H and O–H groups in total. The van der Waals surface area contributed by atoms with Gasteiger partial charge in [0.15, 0.2) is 0 Å². The Balaban J connectivity index is 1.59. The normalized spacial score (nSPS) is 11.8. The molecule has 0 radical (unpaired) electrons. The topological polar surface area (TPSA) is 239 Å². The fourth-order valence-electron chi connectivity index (χ4n) is 6.02. The van der Waals surface area contributed by atoms with Crippen LogP contribution < -0.4 is 4.74 Å². The third kappa shape index (κ3) is 67.5. The highest BCUT2D eigenvalue weighted by Crippen LogP contribution is 2.16. The van der Waals surface area contributed by atoms with Gasteiger partial charge < -0.3 is 114 Å². The number of halogens is 1. The van der Waals surface area contributed by atoms with Crippen LogP contribution in [0.3, 0.4) is 0 Å². The molecule has 0 bridgehead atoms. The minimum Gasteiger partial charge on any atom is -0.491 e. The summed E-state index contributed by atoms with van der Waals surface area (Å²) in [7, 11) is 0. The molecule has 1 aromatic rings. The molecule has 0 aromatic heterocycles. The van der Waals surface area contributed by atoms with E-state index in [2.05, 4.69) is 15.9 Å². The third-order valence-corrected chi connectivity index (χ3v) is 10.5. The van der Waals surface area contributed by atoms with Crippen molar-refractivity contribution in [2.75, 3.05) is 297 Å². The summed E-state index contributed by atoms with van der Waals surface area (Å²) in [5, 5.41) is 0. The van der Waals surface area contributed by atoms with Gasteiger partial charge in [0.05, 0.1) is 297 Å². The summed E-state index contributed by atoms with van der Waals surface area (Å²) in [6, 6.07) is 7.69. The fraction of sp³-hybridized carbons (Fsp3) is 0.877. The maximum absolute atomic E-state index is 11.6. The van der Waals surface area contributed by atoms with Gasteiger partial charge in [-0.2, -0.15) is 0 Å². The number of esters is 1. The van der Waals surface area contributed by atoms with E-state index in [1.165, 1.54) is 0 Å². The van der Waals surface area contributed by atoms with Crippen LogP contribution in [0.15, 0.2) is 28.7 Å². The molecule has 26 heteroatoms. The highest BCUT2D eigenvalue weighted by atomic mass is 79.9. The molecule has 0 spiro atoms. The Morgan fingerprint density at radius 2 is 0.422 bits per heavy atom. The molecule has 1 aromatic carbocycles. The van der Waals surface area contributed by atoms with E-state index in [1.54, 1.807) is 0 Å². The highest BCUT2D eigenvalue weighted by Gasteiger charge is 2.15. The summed E-state index contributed by atoms with van der Waals surface area (Å²) in [5.41, 5.74) is -0.483. The number of carbonyl (C=O) groups excluding carboxylic acids is 1. The SMILES string of the molecule is CC(C)(C)OC(=O)CCOCCOCCOCCOCCOCCOCCOCCOCCOCCOCCOCCOCCOCCOCCOCCOCCOCCOCCOCCOCCOCCOCCOc1ccc(Br)cc1. The van der Waals surface area contributed by atoms with Crippen molar-refractivity contribution >= 4 is 21.9 Å². The fourth-order valence-corrected chi connectivity index (χ4v) is 6.28. The van der Waals surface area contributed by atoms with Crippen LogP contribution in [-0.2, 0) is 114 Å². The zero-order valence-corrected chi connectivity index (χ0v) is 52.0. The van der Waals surface area contributed by atoms with Crippen molar-refractivity contribution in [3.63, 3.8) is 0 Å². The van der Waals surface area contributed by atoms with Crippen LogP contribution in [0, 0.1) is 0 Å². The summed E-state index contributed by atoms with van der Waals surface area (Å²) in [6.45, 7) is 27.1. The molecular formula is C57H105BrO25. The molecule has 0 atom stereocenters. The predicted molar refractivity (Wildman–Crippen MR) is 308 cm³/mol. The molecule has 0 aliphatic rings. The van der Waals surface area contributed by atoms with E-state index >= 15 is 0 Å². The Bertz CT molecular complexity index is 1420. The average molecular weight is 1270 g/mol. The van der Waals surface area contributed by atoms with E-state index in [1.807, 2.05) is 45.0 Å². The molecule has 0 aliphatic heterocycles. The Kier molecular flexibility index (Phi) is 63.0. The van der Waals surface area contributed by atoms with E-state index in [4.69, 9.17) is 114 Å². The molecule has 0 saturated heterocycles. The molecule has 0 saturated carbocycles. The minimum atomic E-state index is -0.483. The Morgan fingerprint density at radius 3 is 0.590 bits per heavy atom. The van der Waals surface area contributed by atoms with Gasteiger partial charge in [-0.15, -0.1) is 0 Å². The maximum Gasteiger partial charge on any atom is 0.308 e. The molecule has 0 amide bonds. The molecule has 1 rings (SSSR count). The predicted octanol–water partition coefficient (Wildman–Crippen LogP) is 3.92. The summed E-state index contributed by atoms with van der Waals surface area (Å²) in [4.78, 5) is 11.6. The number of benzene rings is 1. The first-order chi connectivity index (χ1) is 40.9. The van der Waals surface area contributed by atoms with Gasteiger partial charge in [-0.1, -0.05) is 15.9 Å². The Morgan fingerprint density at radius 1 is 0.265 bits per heavy atom. The van der Waals surface area contributed by atoms with Gasteiger partial charge in [0.1, 0.15) is 18.0 Å². The Hall–Kier alpha value is -1.91. The maximum atomic E-state index is 11.6. The first-order valence-electron chi connectivity index (χ1n) is 29.2. The quantitative estimate of drug-likeness (QED) is 0.0663. The van der Waals surface area contributed by atoms with Crippen molar-refractivity contribution in [2.45, 2.75) is 32.8 Å². The summed E-state index contributed by atoms with van der Waals surface area (Å²) >= 11 is 3.40. The lowest BCUT2D eigenvalue weighted by Gasteiger charge is -2.19. The van der Waals surface area contributed by atoms with Crippen LogP contribution in [0.25, 0.3) is 0 Å². The van der Waals surface area contributed by atoms with Gasteiger partial charge in [-0.3, -0.25) is 4.79 Å². The second-order valence-electron chi connectivity index (χ2n) is 18.1. The molecular weight excluding hydrogens is 1160 g/mol. The van der Waals surface area contributed by atoms with Crippen LogP contribution in [0.5, 0.6) is 5.75 Å². The molecule has 25 nitrogen and oxygen atoms in total. The number of ether oxygens (including phenoxy) is 24. The smallest absolute Gasteiger partial charge is 0.308 e. The number of hydrogen-bond acceptors (Lipinski definition) is 25. The third-order valence-electron chi connectivity index (χ3n) is 9.99. The van der Waals surface area contributed by atoms with Crippen molar-refractivity contribution in [1.82, 2.24) is 0 Å². The van der Waals surface area contributed by atoms with Gasteiger partial charge in [0, 0.05) is 4.47 Å². The molecule has 0 heterocycles. The lowest BCUT2D eigenvalue weighted by atomic mass is 10.2. The number of carbonyl (C=O) groups is 1. The van der Waals surface area contributed by atoms with E-state index in [9.17, 15) is 4.79 Å². The van der Waals surface area contributed by atoms with Crippen LogP contribution in [0.2, 0.25) is 0 Å². The largest absolute Gasteiger partial charge is 0.491 e. The van der Waals surface area contributed by atoms with Gasteiger partial charge in [0.2, 0.25) is 0 Å². The van der Waals surface area contributed by atoms with Crippen molar-refractivity contribution in [3.05, 3.63) is 28.7 Å². The van der Waals surface area contributed by atoms with Crippen LogP contribution in [0.1, 0.15) is 27.2 Å². The summed E-state index contributed by atoms with van der Waals surface area (Å²) in [6.07, 6.45) is 0.224. The zero-order valence-electron chi connectivity index (χ0n) is 50.4. The first-order valence-corrected chi connectivity index (χ1v) is 30.0. The monoisotopic (exact) mass is 1270 g/mol. The lowest BCUT2D eigenvalue weighted by molar-refractivity contribution is -0.156. The molecule has 490 valence electrons. The molecule has 0 fully saturated rings. The summed E-state index contributed by atoms with van der Waals surface area (Å²) < 4.78 is 133. The number of rotatable bonds is 70. The second kappa shape index (κ2) is 66.1. The van der Waals surface area contributed by atoms with E-state index < -0.39 is 5.60 Å². The van der Waals surface area contributed by atoms with Crippen LogP contribution in [0.4, 0.5) is 0 Å².